The Balaban J connectivity index is 2.17. The fraction of sp³-hybridized carbons (Fsp3) is 0.235. The fourth-order valence-electron chi connectivity index (χ4n) is 2.34. The number of nitrogens with zero attached hydrogens (tertiary/aromatic N) is 1. The van der Waals surface area contributed by atoms with E-state index in [0.717, 1.165) is 5.56 Å². The van der Waals surface area contributed by atoms with Gasteiger partial charge in [0.2, 0.25) is 0 Å². The summed E-state index contributed by atoms with van der Waals surface area (Å²) in [6, 6.07) is 9.70. The molecule has 0 aromatic heterocycles. The zero-order chi connectivity index (χ0) is 17.7. The van der Waals surface area contributed by atoms with E-state index in [1.165, 1.54) is 19.2 Å². The van der Waals surface area contributed by atoms with E-state index in [0.29, 0.717) is 17.1 Å². The number of methoxy groups -OCH3 is 2. The average molecular weight is 330 g/mol. The molecule has 0 radical (unpaired) electrons. The first-order valence-electron chi connectivity index (χ1n) is 7.21. The molecule has 0 bridgehead atoms. The van der Waals surface area contributed by atoms with Crippen molar-refractivity contribution in [1.29, 1.82) is 0 Å². The molecular weight excluding hydrogens is 312 g/mol. The summed E-state index contributed by atoms with van der Waals surface area (Å²) in [6.07, 6.45) is 0. The highest BCUT2D eigenvalue weighted by atomic mass is 16.6. The van der Waals surface area contributed by atoms with Crippen molar-refractivity contribution in [3.05, 3.63) is 63.2 Å². The van der Waals surface area contributed by atoms with Gasteiger partial charge in [-0.3, -0.25) is 14.9 Å². The van der Waals surface area contributed by atoms with E-state index in [1.807, 2.05) is 0 Å². The minimum absolute atomic E-state index is 0.0790. The number of nitrogens with one attached hydrogen (secondary N) is 1. The molecule has 24 heavy (non-hydrogen) atoms. The van der Waals surface area contributed by atoms with Crippen LogP contribution < -0.4 is 14.8 Å². The molecule has 1 N–H and O–H groups in total. The lowest BCUT2D eigenvalue weighted by atomic mass is 10.1. The number of carbonyl (C=O) groups excluding carboxylic acids is 1. The summed E-state index contributed by atoms with van der Waals surface area (Å²) >= 11 is 0. The summed E-state index contributed by atoms with van der Waals surface area (Å²) in [5.41, 5.74) is 1.30. The van der Waals surface area contributed by atoms with Crippen LogP contribution in [0.2, 0.25) is 0 Å². The van der Waals surface area contributed by atoms with Gasteiger partial charge < -0.3 is 14.8 Å². The van der Waals surface area contributed by atoms with E-state index >= 15 is 0 Å². The van der Waals surface area contributed by atoms with E-state index in [4.69, 9.17) is 9.47 Å². The van der Waals surface area contributed by atoms with Crippen LogP contribution in [0.4, 0.5) is 5.69 Å². The Hall–Kier alpha value is -3.09. The molecule has 0 heterocycles. The predicted octanol–water partition coefficient (Wildman–Crippen LogP) is 2.85. The van der Waals surface area contributed by atoms with Crippen molar-refractivity contribution in [2.75, 3.05) is 14.2 Å². The number of rotatable bonds is 6. The van der Waals surface area contributed by atoms with Gasteiger partial charge in [0.15, 0.2) is 0 Å². The van der Waals surface area contributed by atoms with Gasteiger partial charge in [-0.15, -0.1) is 0 Å². The van der Waals surface area contributed by atoms with Crippen molar-refractivity contribution >= 4 is 11.6 Å². The van der Waals surface area contributed by atoms with E-state index < -0.39 is 4.92 Å². The molecule has 0 unspecified atom stereocenters. The van der Waals surface area contributed by atoms with Crippen LogP contribution in [0, 0.1) is 17.0 Å². The van der Waals surface area contributed by atoms with Gasteiger partial charge >= 0.3 is 0 Å². The van der Waals surface area contributed by atoms with Crippen molar-refractivity contribution in [3.63, 3.8) is 0 Å². The van der Waals surface area contributed by atoms with E-state index in [2.05, 4.69) is 5.32 Å². The SMILES string of the molecule is COc1ccc(CNC(=O)c2cccc([N+](=O)[O-])c2C)c(OC)c1. The van der Waals surface area contributed by atoms with Crippen LogP contribution in [0.15, 0.2) is 36.4 Å². The third-order valence-electron chi connectivity index (χ3n) is 3.68. The Morgan fingerprint density at radius 2 is 1.96 bits per heavy atom. The minimum Gasteiger partial charge on any atom is -0.497 e. The van der Waals surface area contributed by atoms with Gasteiger partial charge in [-0.1, -0.05) is 6.07 Å². The van der Waals surface area contributed by atoms with Crippen LogP contribution >= 0.6 is 0 Å². The number of nitro benzene ring substituents is 1. The highest BCUT2D eigenvalue weighted by Crippen LogP contribution is 2.25. The molecular formula is C17H18N2O5. The molecule has 0 saturated heterocycles. The Morgan fingerprint density at radius 3 is 2.58 bits per heavy atom. The molecule has 2 rings (SSSR count). The monoisotopic (exact) mass is 330 g/mol. The highest BCUT2D eigenvalue weighted by Gasteiger charge is 2.18. The molecule has 7 nitrogen and oxygen atoms in total. The molecule has 0 atom stereocenters. The van der Waals surface area contributed by atoms with Crippen molar-refractivity contribution in [2.24, 2.45) is 0 Å². The van der Waals surface area contributed by atoms with Crippen LogP contribution in [0.1, 0.15) is 21.5 Å². The summed E-state index contributed by atoms with van der Waals surface area (Å²) in [6.45, 7) is 1.79. The molecule has 126 valence electrons. The highest BCUT2D eigenvalue weighted by molar-refractivity contribution is 5.96. The number of ether oxygens (including phenoxy) is 2. The molecule has 2 aromatic rings. The maximum Gasteiger partial charge on any atom is 0.273 e. The quantitative estimate of drug-likeness (QED) is 0.649. The summed E-state index contributed by atoms with van der Waals surface area (Å²) in [4.78, 5) is 22.8. The van der Waals surface area contributed by atoms with Gasteiger partial charge in [-0.2, -0.15) is 0 Å². The Morgan fingerprint density at radius 1 is 1.21 bits per heavy atom. The first-order chi connectivity index (χ1) is 11.5. The standard InChI is InChI=1S/C17H18N2O5/c1-11-14(5-4-6-15(11)19(21)22)17(20)18-10-12-7-8-13(23-2)9-16(12)24-3/h4-9H,10H2,1-3H3,(H,18,20). The second kappa shape index (κ2) is 7.45. The van der Waals surface area contributed by atoms with E-state index in [9.17, 15) is 14.9 Å². The molecule has 0 spiro atoms. The summed E-state index contributed by atoms with van der Waals surface area (Å²) in [5.74, 6) is 0.857. The second-order valence-corrected chi connectivity index (χ2v) is 5.07. The van der Waals surface area contributed by atoms with Crippen LogP contribution in [0.3, 0.4) is 0 Å². The Labute approximate surface area is 139 Å². The maximum atomic E-state index is 12.3. The number of amides is 1. The first kappa shape index (κ1) is 17.3. The number of hydrogen-bond acceptors (Lipinski definition) is 5. The normalized spacial score (nSPS) is 10.1. The molecule has 0 aliphatic heterocycles. The number of carbonyl (C=O) groups is 1. The largest absolute Gasteiger partial charge is 0.497 e. The van der Waals surface area contributed by atoms with Crippen molar-refractivity contribution < 1.29 is 19.2 Å². The Kier molecular flexibility index (Phi) is 5.36. The molecule has 2 aromatic carbocycles. The van der Waals surface area contributed by atoms with Crippen LogP contribution in [0.5, 0.6) is 11.5 Å². The Bertz CT molecular complexity index is 774. The van der Waals surface area contributed by atoms with Crippen LogP contribution in [-0.4, -0.2) is 25.1 Å². The minimum atomic E-state index is -0.501. The summed E-state index contributed by atoms with van der Waals surface area (Å²) < 4.78 is 10.4. The van der Waals surface area contributed by atoms with Gasteiger partial charge in [-0.25, -0.2) is 0 Å². The smallest absolute Gasteiger partial charge is 0.273 e. The third kappa shape index (κ3) is 3.62. The van der Waals surface area contributed by atoms with Crippen LogP contribution in [-0.2, 0) is 6.54 Å². The first-order valence-corrected chi connectivity index (χ1v) is 7.21. The van der Waals surface area contributed by atoms with Crippen molar-refractivity contribution in [3.8, 4) is 11.5 Å². The van der Waals surface area contributed by atoms with Gasteiger partial charge in [0.25, 0.3) is 11.6 Å². The van der Waals surface area contributed by atoms with Gasteiger partial charge in [0, 0.05) is 35.4 Å². The van der Waals surface area contributed by atoms with Crippen molar-refractivity contribution in [2.45, 2.75) is 13.5 Å². The second-order valence-electron chi connectivity index (χ2n) is 5.07. The molecule has 0 saturated carbocycles. The number of hydrogen-bond donors (Lipinski definition) is 1. The van der Waals surface area contributed by atoms with Crippen LogP contribution in [0.25, 0.3) is 0 Å². The van der Waals surface area contributed by atoms with E-state index in [1.54, 1.807) is 38.3 Å². The zero-order valence-electron chi connectivity index (χ0n) is 13.7. The fourth-order valence-corrected chi connectivity index (χ4v) is 2.34. The lowest BCUT2D eigenvalue weighted by Gasteiger charge is -2.12. The van der Waals surface area contributed by atoms with E-state index in [-0.39, 0.29) is 23.7 Å². The number of nitro groups is 1. The van der Waals surface area contributed by atoms with Gasteiger partial charge in [0.1, 0.15) is 11.5 Å². The molecule has 1 amide bonds. The average Bonchev–Trinajstić information content (AvgIpc) is 2.59. The van der Waals surface area contributed by atoms with Crippen molar-refractivity contribution in [1.82, 2.24) is 5.32 Å². The summed E-state index contributed by atoms with van der Waals surface area (Å²) in [5, 5.41) is 13.7. The summed E-state index contributed by atoms with van der Waals surface area (Å²) in [7, 11) is 3.09. The maximum absolute atomic E-state index is 12.3. The zero-order valence-corrected chi connectivity index (χ0v) is 13.7. The molecule has 0 aliphatic carbocycles. The topological polar surface area (TPSA) is 90.7 Å². The van der Waals surface area contributed by atoms with Gasteiger partial charge in [-0.05, 0) is 25.1 Å². The predicted molar refractivity (Wildman–Crippen MR) is 88.5 cm³/mol. The molecule has 7 heteroatoms. The van der Waals surface area contributed by atoms with Gasteiger partial charge in [0.05, 0.1) is 19.1 Å². The lowest BCUT2D eigenvalue weighted by Crippen LogP contribution is -2.24. The molecule has 0 fully saturated rings. The number of benzene rings is 2. The molecule has 0 aliphatic rings. The lowest BCUT2D eigenvalue weighted by molar-refractivity contribution is -0.385. The third-order valence-corrected chi connectivity index (χ3v) is 3.68.